The van der Waals surface area contributed by atoms with Crippen molar-refractivity contribution in [1.29, 1.82) is 0 Å². The van der Waals surface area contributed by atoms with Gasteiger partial charge in [-0.15, -0.1) is 0 Å². The topological polar surface area (TPSA) is 135 Å². The SMILES string of the molecule is COc1ccc2cc([C@H](C)C(=O)O)ccc2c1.O.O=C([O-])[C@@H]1CCC[NH2+]1. The van der Waals surface area contributed by atoms with E-state index in [4.69, 9.17) is 9.84 Å². The molecule has 142 valence electrons. The van der Waals surface area contributed by atoms with Crippen molar-refractivity contribution in [3.05, 3.63) is 42.0 Å². The minimum absolute atomic E-state index is 0. The van der Waals surface area contributed by atoms with Gasteiger partial charge in [-0.3, -0.25) is 4.79 Å². The third kappa shape index (κ3) is 5.44. The van der Waals surface area contributed by atoms with Gasteiger partial charge >= 0.3 is 5.97 Å². The first kappa shape index (κ1) is 21.4. The molecule has 26 heavy (non-hydrogen) atoms. The van der Waals surface area contributed by atoms with E-state index in [2.05, 4.69) is 0 Å². The maximum atomic E-state index is 10.9. The molecular formula is C19H25NO6. The summed E-state index contributed by atoms with van der Waals surface area (Å²) >= 11 is 0. The molecule has 1 aliphatic heterocycles. The predicted molar refractivity (Wildman–Crippen MR) is 95.0 cm³/mol. The summed E-state index contributed by atoms with van der Waals surface area (Å²) in [7, 11) is 1.63. The number of carbonyl (C=O) groups excluding carboxylic acids is 1. The summed E-state index contributed by atoms with van der Waals surface area (Å²) in [5.74, 6) is -1.40. The fourth-order valence-electron chi connectivity index (χ4n) is 2.77. The number of nitrogens with two attached hydrogens (primary N) is 1. The second-order valence-electron chi connectivity index (χ2n) is 6.12. The molecule has 0 spiro atoms. The Labute approximate surface area is 151 Å². The van der Waals surface area contributed by atoms with E-state index in [1.165, 1.54) is 0 Å². The van der Waals surface area contributed by atoms with Crippen LogP contribution >= 0.6 is 0 Å². The number of carbonyl (C=O) groups is 2. The van der Waals surface area contributed by atoms with Gasteiger partial charge in [0, 0.05) is 12.8 Å². The second kappa shape index (κ2) is 9.74. The van der Waals surface area contributed by atoms with Crippen LogP contribution in [0.1, 0.15) is 31.2 Å². The average molecular weight is 363 g/mol. The lowest BCUT2D eigenvalue weighted by Gasteiger charge is -2.08. The number of aliphatic carboxylic acids is 2. The summed E-state index contributed by atoms with van der Waals surface area (Å²) in [4.78, 5) is 21.0. The summed E-state index contributed by atoms with van der Waals surface area (Å²) < 4.78 is 5.14. The van der Waals surface area contributed by atoms with Crippen LogP contribution in [-0.4, -0.2) is 42.2 Å². The lowest BCUT2D eigenvalue weighted by molar-refractivity contribution is -0.664. The lowest BCUT2D eigenvalue weighted by atomic mass is 9.98. The Balaban J connectivity index is 0.000000318. The number of carboxylic acid groups (broad SMARTS) is 2. The number of benzene rings is 2. The molecule has 2 atom stereocenters. The highest BCUT2D eigenvalue weighted by Crippen LogP contribution is 2.25. The molecule has 0 saturated carbocycles. The Morgan fingerprint density at radius 2 is 1.88 bits per heavy atom. The van der Waals surface area contributed by atoms with Crippen molar-refractivity contribution in [1.82, 2.24) is 0 Å². The molecule has 2 aromatic carbocycles. The van der Waals surface area contributed by atoms with Crippen LogP contribution in [0, 0.1) is 0 Å². The van der Waals surface area contributed by atoms with Gasteiger partial charge in [0.1, 0.15) is 11.8 Å². The molecule has 1 fully saturated rings. The Hall–Kier alpha value is -2.64. The van der Waals surface area contributed by atoms with Gasteiger partial charge in [-0.1, -0.05) is 24.3 Å². The Morgan fingerprint density at radius 3 is 2.38 bits per heavy atom. The zero-order valence-corrected chi connectivity index (χ0v) is 14.9. The van der Waals surface area contributed by atoms with Crippen LogP contribution in [0.2, 0.25) is 0 Å². The Morgan fingerprint density at radius 1 is 1.23 bits per heavy atom. The van der Waals surface area contributed by atoms with Gasteiger partial charge in [-0.05, 0) is 35.4 Å². The number of carboxylic acids is 2. The number of hydrogen-bond acceptors (Lipinski definition) is 4. The van der Waals surface area contributed by atoms with Crippen molar-refractivity contribution >= 4 is 22.7 Å². The summed E-state index contributed by atoms with van der Waals surface area (Å²) in [5, 5.41) is 22.9. The standard InChI is InChI=1S/C14H14O3.C5H9NO2.H2O/c1-9(14(15)16)10-3-4-12-8-13(17-2)6-5-11(12)7-10;7-5(8)4-2-1-3-6-4;/h3-9H,1-2H3,(H,15,16);4,6H,1-3H2,(H,7,8);1H2/t9-;4-;/m00./s1. The van der Waals surface area contributed by atoms with Crippen LogP contribution in [0.15, 0.2) is 36.4 Å². The molecule has 7 heteroatoms. The molecule has 1 saturated heterocycles. The molecule has 2 aromatic rings. The molecule has 0 amide bonds. The smallest absolute Gasteiger partial charge is 0.310 e. The van der Waals surface area contributed by atoms with Crippen molar-refractivity contribution in [3.63, 3.8) is 0 Å². The number of rotatable bonds is 4. The van der Waals surface area contributed by atoms with Crippen molar-refractivity contribution < 1.29 is 35.3 Å². The zero-order valence-electron chi connectivity index (χ0n) is 14.9. The monoisotopic (exact) mass is 363 g/mol. The molecule has 0 aromatic heterocycles. The molecule has 7 nitrogen and oxygen atoms in total. The fraction of sp³-hybridized carbons (Fsp3) is 0.368. The van der Waals surface area contributed by atoms with Crippen molar-refractivity contribution in [3.8, 4) is 5.75 Å². The van der Waals surface area contributed by atoms with E-state index in [0.717, 1.165) is 41.5 Å². The highest BCUT2D eigenvalue weighted by Gasteiger charge is 2.18. The highest BCUT2D eigenvalue weighted by atomic mass is 16.5. The number of quaternary nitrogens is 1. The maximum Gasteiger partial charge on any atom is 0.310 e. The van der Waals surface area contributed by atoms with E-state index in [9.17, 15) is 14.7 Å². The summed E-state index contributed by atoms with van der Waals surface area (Å²) in [6.07, 6.45) is 1.79. The van der Waals surface area contributed by atoms with Gasteiger partial charge in [-0.2, -0.15) is 0 Å². The third-order valence-electron chi connectivity index (χ3n) is 4.42. The van der Waals surface area contributed by atoms with E-state index >= 15 is 0 Å². The van der Waals surface area contributed by atoms with Gasteiger partial charge in [0.05, 0.1) is 25.5 Å². The van der Waals surface area contributed by atoms with Gasteiger partial charge in [-0.25, -0.2) is 0 Å². The summed E-state index contributed by atoms with van der Waals surface area (Å²) in [6, 6.07) is 11.2. The van der Waals surface area contributed by atoms with Crippen LogP contribution in [0.4, 0.5) is 0 Å². The molecule has 0 radical (unpaired) electrons. The number of hydrogen-bond donors (Lipinski definition) is 2. The van der Waals surface area contributed by atoms with E-state index < -0.39 is 17.9 Å². The maximum absolute atomic E-state index is 10.9. The molecular weight excluding hydrogens is 338 g/mol. The van der Waals surface area contributed by atoms with Crippen LogP contribution < -0.4 is 15.2 Å². The van der Waals surface area contributed by atoms with Crippen LogP contribution in [0.5, 0.6) is 5.75 Å². The molecule has 1 heterocycles. The molecule has 0 aliphatic carbocycles. The second-order valence-corrected chi connectivity index (χ2v) is 6.12. The first-order chi connectivity index (χ1) is 11.9. The number of fused-ring (bicyclic) bond motifs is 1. The minimum Gasteiger partial charge on any atom is -0.544 e. The summed E-state index contributed by atoms with van der Waals surface area (Å²) in [5.41, 5.74) is 0.815. The van der Waals surface area contributed by atoms with E-state index in [1.807, 2.05) is 41.7 Å². The first-order valence-electron chi connectivity index (χ1n) is 8.27. The zero-order chi connectivity index (χ0) is 18.4. The summed E-state index contributed by atoms with van der Waals surface area (Å²) in [6.45, 7) is 2.63. The largest absolute Gasteiger partial charge is 0.544 e. The van der Waals surface area contributed by atoms with Crippen molar-refractivity contribution in [2.45, 2.75) is 31.7 Å². The highest BCUT2D eigenvalue weighted by molar-refractivity contribution is 5.86. The van der Waals surface area contributed by atoms with E-state index in [-0.39, 0.29) is 11.5 Å². The molecule has 5 N–H and O–H groups in total. The van der Waals surface area contributed by atoms with E-state index in [1.54, 1.807) is 14.0 Å². The molecule has 0 bridgehead atoms. The number of ether oxygens (including phenoxy) is 1. The normalized spacial score (nSPS) is 16.8. The van der Waals surface area contributed by atoms with Crippen LogP contribution in [0.25, 0.3) is 10.8 Å². The Bertz CT molecular complexity index is 755. The van der Waals surface area contributed by atoms with Gasteiger partial charge in [0.25, 0.3) is 0 Å². The fourth-order valence-corrected chi connectivity index (χ4v) is 2.77. The molecule has 0 unspecified atom stereocenters. The van der Waals surface area contributed by atoms with Crippen LogP contribution in [0.3, 0.4) is 0 Å². The van der Waals surface area contributed by atoms with Crippen molar-refractivity contribution in [2.75, 3.05) is 13.7 Å². The van der Waals surface area contributed by atoms with E-state index in [0.29, 0.717) is 0 Å². The van der Waals surface area contributed by atoms with Crippen LogP contribution in [-0.2, 0) is 9.59 Å². The Kier molecular flexibility index (Phi) is 8.02. The average Bonchev–Trinajstić information content (AvgIpc) is 3.15. The predicted octanol–water partition coefficient (Wildman–Crippen LogP) is -0.326. The quantitative estimate of drug-likeness (QED) is 0.767. The van der Waals surface area contributed by atoms with Crippen molar-refractivity contribution in [2.24, 2.45) is 0 Å². The lowest BCUT2D eigenvalue weighted by Crippen LogP contribution is -2.89. The minimum atomic E-state index is -0.914. The molecule has 1 aliphatic rings. The first-order valence-corrected chi connectivity index (χ1v) is 8.27. The molecule has 3 rings (SSSR count). The van der Waals surface area contributed by atoms with Gasteiger partial charge in [0.2, 0.25) is 0 Å². The number of methoxy groups -OCH3 is 1. The van der Waals surface area contributed by atoms with Gasteiger partial charge < -0.3 is 30.5 Å². The third-order valence-corrected chi connectivity index (χ3v) is 4.42. The van der Waals surface area contributed by atoms with Gasteiger partial charge in [0.15, 0.2) is 0 Å².